The van der Waals surface area contributed by atoms with E-state index in [1.807, 2.05) is 0 Å². The van der Waals surface area contributed by atoms with E-state index >= 15 is 0 Å². The predicted molar refractivity (Wildman–Crippen MR) is 97.2 cm³/mol. The highest BCUT2D eigenvalue weighted by atomic mass is 16.5. The molecule has 0 aliphatic rings. The molecule has 0 aliphatic heterocycles. The van der Waals surface area contributed by atoms with Crippen LogP contribution in [0.25, 0.3) is 0 Å². The average Bonchev–Trinajstić information content (AvgIpc) is 2.62. The van der Waals surface area contributed by atoms with Gasteiger partial charge >= 0.3 is 5.97 Å². The molecule has 0 saturated carbocycles. The lowest BCUT2D eigenvalue weighted by Gasteiger charge is -2.15. The van der Waals surface area contributed by atoms with E-state index in [9.17, 15) is 14.4 Å². The molecule has 2 rings (SSSR count). The fourth-order valence-corrected chi connectivity index (χ4v) is 2.16. The van der Waals surface area contributed by atoms with Crippen molar-refractivity contribution in [3.8, 4) is 5.75 Å². The number of benzene rings is 2. The number of anilines is 2. The van der Waals surface area contributed by atoms with Crippen LogP contribution in [-0.4, -0.2) is 31.0 Å². The fourth-order valence-electron chi connectivity index (χ4n) is 2.16. The first-order valence-corrected chi connectivity index (χ1v) is 7.93. The number of nitrogens with one attached hydrogen (secondary N) is 2. The third-order valence-electron chi connectivity index (χ3n) is 3.46. The van der Waals surface area contributed by atoms with Gasteiger partial charge in [0.25, 0.3) is 5.91 Å². The van der Waals surface area contributed by atoms with Gasteiger partial charge in [-0.25, -0.2) is 4.79 Å². The Morgan fingerprint density at radius 3 is 2.23 bits per heavy atom. The van der Waals surface area contributed by atoms with Crippen molar-refractivity contribution in [2.45, 2.75) is 20.0 Å². The van der Waals surface area contributed by atoms with Crippen LogP contribution in [-0.2, 0) is 14.3 Å². The number of methoxy groups -OCH3 is 1. The molecule has 0 fully saturated rings. The summed E-state index contributed by atoms with van der Waals surface area (Å²) in [7, 11) is 1.50. The zero-order valence-electron chi connectivity index (χ0n) is 14.7. The first kappa shape index (κ1) is 19.0. The van der Waals surface area contributed by atoms with Crippen molar-refractivity contribution in [3.05, 3.63) is 54.1 Å². The van der Waals surface area contributed by atoms with Gasteiger partial charge in [-0.05, 0) is 43.3 Å². The first-order chi connectivity index (χ1) is 12.4. The molecule has 0 radical (unpaired) electrons. The molecule has 1 atom stereocenters. The van der Waals surface area contributed by atoms with E-state index in [-0.39, 0.29) is 11.5 Å². The Kier molecular flexibility index (Phi) is 6.32. The minimum absolute atomic E-state index is 0.207. The van der Waals surface area contributed by atoms with Gasteiger partial charge in [0.2, 0.25) is 5.91 Å². The Balaban J connectivity index is 1.97. The third kappa shape index (κ3) is 5.07. The molecular formula is C19H20N2O5. The number of ether oxygens (including phenoxy) is 2. The summed E-state index contributed by atoms with van der Waals surface area (Å²) in [4.78, 5) is 35.4. The molecular weight excluding hydrogens is 336 g/mol. The van der Waals surface area contributed by atoms with Crippen molar-refractivity contribution in [3.63, 3.8) is 0 Å². The van der Waals surface area contributed by atoms with E-state index in [0.717, 1.165) is 0 Å². The van der Waals surface area contributed by atoms with Crippen molar-refractivity contribution >= 4 is 29.2 Å². The topological polar surface area (TPSA) is 93.7 Å². The highest BCUT2D eigenvalue weighted by molar-refractivity contribution is 5.98. The molecule has 2 amide bonds. The largest absolute Gasteiger partial charge is 0.495 e. The lowest BCUT2D eigenvalue weighted by molar-refractivity contribution is -0.123. The quantitative estimate of drug-likeness (QED) is 0.776. The van der Waals surface area contributed by atoms with E-state index in [4.69, 9.17) is 9.47 Å². The third-order valence-corrected chi connectivity index (χ3v) is 3.46. The molecule has 7 nitrogen and oxygen atoms in total. The van der Waals surface area contributed by atoms with Crippen LogP contribution in [0, 0.1) is 0 Å². The van der Waals surface area contributed by atoms with Crippen LogP contribution in [0.2, 0.25) is 0 Å². The number of esters is 1. The number of para-hydroxylation sites is 2. The molecule has 0 heterocycles. The number of carbonyl (C=O) groups excluding carboxylic acids is 3. The Labute approximate surface area is 151 Å². The van der Waals surface area contributed by atoms with Crippen molar-refractivity contribution in [2.75, 3.05) is 17.7 Å². The molecule has 0 saturated heterocycles. The lowest BCUT2D eigenvalue weighted by atomic mass is 10.2. The van der Waals surface area contributed by atoms with Crippen LogP contribution in [0.15, 0.2) is 48.5 Å². The average molecular weight is 356 g/mol. The smallest absolute Gasteiger partial charge is 0.338 e. The van der Waals surface area contributed by atoms with E-state index < -0.39 is 18.0 Å². The zero-order chi connectivity index (χ0) is 19.1. The highest BCUT2D eigenvalue weighted by Gasteiger charge is 2.20. The molecule has 136 valence electrons. The summed E-state index contributed by atoms with van der Waals surface area (Å²) >= 11 is 0. The van der Waals surface area contributed by atoms with E-state index in [1.165, 1.54) is 33.1 Å². The van der Waals surface area contributed by atoms with E-state index in [0.29, 0.717) is 17.1 Å². The molecule has 0 aliphatic carbocycles. The standard InChI is InChI=1S/C19H20N2O5/c1-12(18(23)21-16-6-4-5-7-17(16)25-3)26-19(24)14-8-10-15(11-9-14)20-13(2)22/h4-12H,1-3H3,(H,20,22)(H,21,23). The highest BCUT2D eigenvalue weighted by Crippen LogP contribution is 2.23. The first-order valence-electron chi connectivity index (χ1n) is 7.93. The minimum Gasteiger partial charge on any atom is -0.495 e. The fraction of sp³-hybridized carbons (Fsp3) is 0.211. The molecule has 7 heteroatoms. The molecule has 0 spiro atoms. The minimum atomic E-state index is -0.998. The van der Waals surface area contributed by atoms with Crippen molar-refractivity contribution in [1.29, 1.82) is 0 Å². The maximum absolute atomic E-state index is 12.2. The van der Waals surface area contributed by atoms with Crippen LogP contribution in [0.3, 0.4) is 0 Å². The normalized spacial score (nSPS) is 11.2. The Hall–Kier alpha value is -3.35. The van der Waals surface area contributed by atoms with Gasteiger partial charge in [-0.3, -0.25) is 9.59 Å². The van der Waals surface area contributed by atoms with E-state index in [2.05, 4.69) is 10.6 Å². The molecule has 0 bridgehead atoms. The van der Waals surface area contributed by atoms with Crippen molar-refractivity contribution in [1.82, 2.24) is 0 Å². The van der Waals surface area contributed by atoms with Gasteiger partial charge in [-0.1, -0.05) is 12.1 Å². The van der Waals surface area contributed by atoms with Crippen LogP contribution in [0.4, 0.5) is 11.4 Å². The van der Waals surface area contributed by atoms with Gasteiger partial charge in [0.15, 0.2) is 6.10 Å². The molecule has 2 aromatic carbocycles. The monoisotopic (exact) mass is 356 g/mol. The SMILES string of the molecule is COc1ccccc1NC(=O)C(C)OC(=O)c1ccc(NC(C)=O)cc1. The molecule has 26 heavy (non-hydrogen) atoms. The summed E-state index contributed by atoms with van der Waals surface area (Å²) in [5.74, 6) is -0.810. The number of carbonyl (C=O) groups is 3. The zero-order valence-corrected chi connectivity index (χ0v) is 14.7. The van der Waals surface area contributed by atoms with Crippen LogP contribution < -0.4 is 15.4 Å². The summed E-state index contributed by atoms with van der Waals surface area (Å²) < 4.78 is 10.3. The van der Waals surface area contributed by atoms with Gasteiger partial charge in [-0.15, -0.1) is 0 Å². The molecule has 0 aromatic heterocycles. The van der Waals surface area contributed by atoms with Crippen LogP contribution in [0.1, 0.15) is 24.2 Å². The molecule has 2 aromatic rings. The lowest BCUT2D eigenvalue weighted by Crippen LogP contribution is -2.30. The number of rotatable bonds is 6. The maximum Gasteiger partial charge on any atom is 0.338 e. The van der Waals surface area contributed by atoms with E-state index in [1.54, 1.807) is 36.4 Å². The van der Waals surface area contributed by atoms with Gasteiger partial charge < -0.3 is 20.1 Å². The summed E-state index contributed by atoms with van der Waals surface area (Å²) in [5, 5.41) is 5.26. The molecule has 1 unspecified atom stereocenters. The summed E-state index contributed by atoms with van der Waals surface area (Å²) in [6.07, 6.45) is -0.998. The van der Waals surface area contributed by atoms with Gasteiger partial charge in [0.1, 0.15) is 5.75 Å². The van der Waals surface area contributed by atoms with Crippen molar-refractivity contribution < 1.29 is 23.9 Å². The Bertz CT molecular complexity index is 802. The van der Waals surface area contributed by atoms with Crippen LogP contribution in [0.5, 0.6) is 5.75 Å². The Morgan fingerprint density at radius 2 is 1.62 bits per heavy atom. The number of amides is 2. The van der Waals surface area contributed by atoms with Gasteiger partial charge in [-0.2, -0.15) is 0 Å². The summed E-state index contributed by atoms with van der Waals surface area (Å²) in [6.45, 7) is 2.87. The maximum atomic E-state index is 12.2. The van der Waals surface area contributed by atoms with Crippen molar-refractivity contribution in [2.24, 2.45) is 0 Å². The number of hydrogen-bond acceptors (Lipinski definition) is 5. The molecule has 2 N–H and O–H groups in total. The second kappa shape index (κ2) is 8.66. The summed E-state index contributed by atoms with van der Waals surface area (Å²) in [5.41, 5.74) is 1.33. The predicted octanol–water partition coefficient (Wildman–Crippen LogP) is 2.84. The Morgan fingerprint density at radius 1 is 0.962 bits per heavy atom. The number of hydrogen-bond donors (Lipinski definition) is 2. The van der Waals surface area contributed by atoms with Gasteiger partial charge in [0.05, 0.1) is 18.4 Å². The van der Waals surface area contributed by atoms with Crippen LogP contribution >= 0.6 is 0 Å². The summed E-state index contributed by atoms with van der Waals surface area (Å²) in [6, 6.07) is 13.1. The second-order valence-electron chi connectivity index (χ2n) is 5.50. The van der Waals surface area contributed by atoms with Gasteiger partial charge in [0, 0.05) is 12.6 Å². The second-order valence-corrected chi connectivity index (χ2v) is 5.50.